The van der Waals surface area contributed by atoms with Gasteiger partial charge in [0.25, 0.3) is 0 Å². The molecule has 0 aromatic heterocycles. The van der Waals surface area contributed by atoms with Gasteiger partial charge in [-0.05, 0) is 36.8 Å². The molecule has 0 bridgehead atoms. The number of phenols is 2. The minimum Gasteiger partial charge on any atom is -0.504 e. The summed E-state index contributed by atoms with van der Waals surface area (Å²) in [5.74, 6) is -1.34. The molecule has 2 rings (SSSR count). The van der Waals surface area contributed by atoms with Crippen molar-refractivity contribution in [2.24, 2.45) is 0 Å². The molecule has 0 radical (unpaired) electrons. The van der Waals surface area contributed by atoms with E-state index in [1.54, 1.807) is 11.0 Å². The van der Waals surface area contributed by atoms with E-state index in [9.17, 15) is 15.0 Å². The van der Waals surface area contributed by atoms with Gasteiger partial charge in [0.1, 0.15) is 6.54 Å². The van der Waals surface area contributed by atoms with Crippen LogP contribution in [0.5, 0.6) is 11.5 Å². The third kappa shape index (κ3) is 3.89. The van der Waals surface area contributed by atoms with E-state index in [-0.39, 0.29) is 18.0 Å². The van der Waals surface area contributed by atoms with Crippen LogP contribution in [0.2, 0.25) is 0 Å². The van der Waals surface area contributed by atoms with Crippen molar-refractivity contribution in [3.8, 4) is 11.5 Å². The van der Waals surface area contributed by atoms with Crippen molar-refractivity contribution in [1.82, 2.24) is 0 Å². The molecule has 0 aliphatic rings. The molecule has 5 heteroatoms. The summed E-state index contributed by atoms with van der Waals surface area (Å²) in [6.07, 6.45) is 0. The Kier molecular flexibility index (Phi) is 4.33. The molecule has 0 amide bonds. The normalized spacial score (nSPS) is 10.3. The number of carbonyl (C=O) groups is 1. The maximum Gasteiger partial charge on any atom is 0.323 e. The molecule has 0 spiro atoms. The highest BCUT2D eigenvalue weighted by Crippen LogP contribution is 2.26. The number of benzene rings is 2. The van der Waals surface area contributed by atoms with Crippen LogP contribution in [0, 0.1) is 6.92 Å². The van der Waals surface area contributed by atoms with Crippen LogP contribution in [0.15, 0.2) is 42.5 Å². The SMILES string of the molecule is Cc1ccc(N(CC(=O)O)Cc2ccc(O)c(O)c2)cc1. The lowest BCUT2D eigenvalue weighted by atomic mass is 10.1. The Bertz CT molecular complexity index is 637. The Balaban J connectivity index is 2.25. The van der Waals surface area contributed by atoms with Gasteiger partial charge < -0.3 is 20.2 Å². The van der Waals surface area contributed by atoms with Crippen molar-refractivity contribution >= 4 is 11.7 Å². The molecule has 110 valence electrons. The lowest BCUT2D eigenvalue weighted by molar-refractivity contribution is -0.135. The highest BCUT2D eigenvalue weighted by atomic mass is 16.4. The molecule has 0 atom stereocenters. The Morgan fingerprint density at radius 3 is 2.29 bits per heavy atom. The Morgan fingerprint density at radius 1 is 1.05 bits per heavy atom. The number of rotatable bonds is 5. The van der Waals surface area contributed by atoms with Crippen molar-refractivity contribution in [2.75, 3.05) is 11.4 Å². The molecule has 3 N–H and O–H groups in total. The van der Waals surface area contributed by atoms with Crippen LogP contribution in [0.3, 0.4) is 0 Å². The van der Waals surface area contributed by atoms with Gasteiger partial charge in [0, 0.05) is 12.2 Å². The zero-order valence-corrected chi connectivity index (χ0v) is 11.7. The first-order valence-electron chi connectivity index (χ1n) is 6.50. The first-order chi connectivity index (χ1) is 9.95. The number of carboxylic acid groups (broad SMARTS) is 1. The number of anilines is 1. The predicted molar refractivity (Wildman–Crippen MR) is 79.6 cm³/mol. The van der Waals surface area contributed by atoms with Gasteiger partial charge in [-0.1, -0.05) is 23.8 Å². The van der Waals surface area contributed by atoms with Crippen LogP contribution in [-0.4, -0.2) is 27.8 Å². The van der Waals surface area contributed by atoms with Crippen LogP contribution < -0.4 is 4.90 Å². The van der Waals surface area contributed by atoms with Gasteiger partial charge in [-0.3, -0.25) is 4.79 Å². The summed E-state index contributed by atoms with van der Waals surface area (Å²) in [7, 11) is 0. The second kappa shape index (κ2) is 6.17. The molecular weight excluding hydrogens is 270 g/mol. The predicted octanol–water partition coefficient (Wildman–Crippen LogP) is 2.50. The van der Waals surface area contributed by atoms with E-state index in [0.717, 1.165) is 11.3 Å². The second-order valence-electron chi connectivity index (χ2n) is 4.91. The molecule has 0 heterocycles. The number of nitrogens with zero attached hydrogens (tertiary/aromatic N) is 1. The number of aryl methyl sites for hydroxylation is 1. The fourth-order valence-corrected chi connectivity index (χ4v) is 2.05. The molecule has 5 nitrogen and oxygen atoms in total. The van der Waals surface area contributed by atoms with E-state index >= 15 is 0 Å². The van der Waals surface area contributed by atoms with Crippen molar-refractivity contribution < 1.29 is 20.1 Å². The summed E-state index contributed by atoms with van der Waals surface area (Å²) in [5, 5.41) is 27.9. The fourth-order valence-electron chi connectivity index (χ4n) is 2.05. The van der Waals surface area contributed by atoms with Crippen LogP contribution in [-0.2, 0) is 11.3 Å². The zero-order chi connectivity index (χ0) is 15.4. The van der Waals surface area contributed by atoms with Crippen LogP contribution in [0.4, 0.5) is 5.69 Å². The molecule has 2 aromatic rings. The number of carboxylic acids is 1. The highest BCUT2D eigenvalue weighted by Gasteiger charge is 2.12. The molecule has 0 saturated heterocycles. The molecule has 0 saturated carbocycles. The van der Waals surface area contributed by atoms with Gasteiger partial charge in [0.2, 0.25) is 0 Å². The molecule has 0 aliphatic heterocycles. The van der Waals surface area contributed by atoms with Crippen LogP contribution in [0.25, 0.3) is 0 Å². The Labute approximate surface area is 122 Å². The second-order valence-corrected chi connectivity index (χ2v) is 4.91. The molecule has 21 heavy (non-hydrogen) atoms. The smallest absolute Gasteiger partial charge is 0.323 e. The number of hydrogen-bond acceptors (Lipinski definition) is 4. The summed E-state index contributed by atoms with van der Waals surface area (Å²) in [4.78, 5) is 12.7. The highest BCUT2D eigenvalue weighted by molar-refractivity contribution is 5.73. The lowest BCUT2D eigenvalue weighted by Gasteiger charge is -2.23. The van der Waals surface area contributed by atoms with Gasteiger partial charge in [0.15, 0.2) is 11.5 Å². The largest absolute Gasteiger partial charge is 0.504 e. The van der Waals surface area contributed by atoms with Gasteiger partial charge in [-0.25, -0.2) is 0 Å². The summed E-state index contributed by atoms with van der Waals surface area (Å²) >= 11 is 0. The number of aliphatic carboxylic acids is 1. The van der Waals surface area contributed by atoms with Crippen molar-refractivity contribution in [1.29, 1.82) is 0 Å². The van der Waals surface area contributed by atoms with E-state index in [2.05, 4.69) is 0 Å². The maximum atomic E-state index is 11.0. The third-order valence-corrected chi connectivity index (χ3v) is 3.14. The van der Waals surface area contributed by atoms with E-state index in [0.29, 0.717) is 12.1 Å². The average Bonchev–Trinajstić information content (AvgIpc) is 2.42. The summed E-state index contributed by atoms with van der Waals surface area (Å²) in [5.41, 5.74) is 2.60. The van der Waals surface area contributed by atoms with Gasteiger partial charge >= 0.3 is 5.97 Å². The fraction of sp³-hybridized carbons (Fsp3) is 0.188. The van der Waals surface area contributed by atoms with E-state index in [1.165, 1.54) is 12.1 Å². The van der Waals surface area contributed by atoms with Crippen LogP contribution in [0.1, 0.15) is 11.1 Å². The first-order valence-corrected chi connectivity index (χ1v) is 6.50. The molecule has 0 aliphatic carbocycles. The summed E-state index contributed by atoms with van der Waals surface area (Å²) < 4.78 is 0. The minimum absolute atomic E-state index is 0.148. The standard InChI is InChI=1S/C16H17NO4/c1-11-2-5-13(6-3-11)17(10-16(20)21)9-12-4-7-14(18)15(19)8-12/h2-8,18-19H,9-10H2,1H3,(H,20,21). The van der Waals surface area contributed by atoms with E-state index < -0.39 is 5.97 Å². The Hall–Kier alpha value is -2.69. The van der Waals surface area contributed by atoms with Crippen molar-refractivity contribution in [3.05, 3.63) is 53.6 Å². The van der Waals surface area contributed by atoms with Crippen molar-refractivity contribution in [3.63, 3.8) is 0 Å². The van der Waals surface area contributed by atoms with Gasteiger partial charge in [0.05, 0.1) is 0 Å². The third-order valence-electron chi connectivity index (χ3n) is 3.14. The average molecular weight is 287 g/mol. The topological polar surface area (TPSA) is 81.0 Å². The lowest BCUT2D eigenvalue weighted by Crippen LogP contribution is -2.29. The van der Waals surface area contributed by atoms with Gasteiger partial charge in [-0.15, -0.1) is 0 Å². The molecule has 2 aromatic carbocycles. The minimum atomic E-state index is -0.932. The van der Waals surface area contributed by atoms with E-state index in [1.807, 2.05) is 31.2 Å². The van der Waals surface area contributed by atoms with E-state index in [4.69, 9.17) is 5.11 Å². The number of hydrogen-bond donors (Lipinski definition) is 3. The molecule has 0 unspecified atom stereocenters. The summed E-state index contributed by atoms with van der Waals surface area (Å²) in [6.45, 7) is 2.14. The number of phenolic OH excluding ortho intramolecular Hbond substituents is 2. The van der Waals surface area contributed by atoms with Crippen molar-refractivity contribution in [2.45, 2.75) is 13.5 Å². The number of aromatic hydroxyl groups is 2. The van der Waals surface area contributed by atoms with Crippen LogP contribution >= 0.6 is 0 Å². The first kappa shape index (κ1) is 14.7. The van der Waals surface area contributed by atoms with Gasteiger partial charge in [-0.2, -0.15) is 0 Å². The molecule has 0 fully saturated rings. The zero-order valence-electron chi connectivity index (χ0n) is 11.7. The molecular formula is C16H17NO4. The maximum absolute atomic E-state index is 11.0. The quantitative estimate of drug-likeness (QED) is 0.736. The monoisotopic (exact) mass is 287 g/mol. The Morgan fingerprint density at radius 2 is 1.71 bits per heavy atom. The summed E-state index contributed by atoms with van der Waals surface area (Å²) in [6, 6.07) is 12.0.